The first kappa shape index (κ1) is 23.1. The summed E-state index contributed by atoms with van der Waals surface area (Å²) in [6.07, 6.45) is 0. The van der Waals surface area contributed by atoms with Crippen molar-refractivity contribution in [2.24, 2.45) is 0 Å². The maximum atomic E-state index is 13.5. The van der Waals surface area contributed by atoms with Crippen LogP contribution in [-0.4, -0.2) is 29.9 Å². The number of rotatable bonds is 9. The Morgan fingerprint density at radius 3 is 2.15 bits per heavy atom. The lowest BCUT2D eigenvalue weighted by Gasteiger charge is -2.16. The highest BCUT2D eigenvalue weighted by Gasteiger charge is 2.39. The van der Waals surface area contributed by atoms with E-state index < -0.39 is 0 Å². The maximum absolute atomic E-state index is 13.5. The van der Waals surface area contributed by atoms with E-state index in [4.69, 9.17) is 9.47 Å². The second kappa shape index (κ2) is 10.3. The number of anilines is 1. The van der Waals surface area contributed by atoms with Crippen molar-refractivity contribution in [2.75, 3.05) is 18.5 Å². The molecule has 0 radical (unpaired) electrons. The fourth-order valence-electron chi connectivity index (χ4n) is 3.86. The number of nitrogens with one attached hydrogen (secondary N) is 1. The minimum Gasteiger partial charge on any atom is -0.490 e. The van der Waals surface area contributed by atoms with Crippen LogP contribution >= 0.6 is 0 Å². The van der Waals surface area contributed by atoms with Gasteiger partial charge in [0.05, 0.1) is 25.3 Å². The second-order valence-corrected chi connectivity index (χ2v) is 7.95. The fourth-order valence-corrected chi connectivity index (χ4v) is 3.86. The minimum absolute atomic E-state index is 0.201. The second-order valence-electron chi connectivity index (χ2n) is 7.95. The summed E-state index contributed by atoms with van der Waals surface area (Å²) in [5, 5.41) is 3.20. The number of imide groups is 1. The molecule has 4 rings (SSSR count). The number of ether oxygens (including phenoxy) is 2. The van der Waals surface area contributed by atoms with Crippen LogP contribution in [0, 0.1) is 6.92 Å². The molecule has 2 amide bonds. The molecule has 3 aromatic rings. The van der Waals surface area contributed by atoms with E-state index in [2.05, 4.69) is 5.32 Å². The maximum Gasteiger partial charge on any atom is 0.278 e. The summed E-state index contributed by atoms with van der Waals surface area (Å²) in [5.41, 5.74) is 3.88. The van der Waals surface area contributed by atoms with Crippen LogP contribution in [0.1, 0.15) is 30.5 Å². The third-order valence-corrected chi connectivity index (χ3v) is 5.50. The molecular formula is C28H28N2O4. The lowest BCUT2D eigenvalue weighted by molar-refractivity contribution is -0.137. The average molecular weight is 457 g/mol. The van der Waals surface area contributed by atoms with E-state index in [0.29, 0.717) is 41.5 Å². The molecular weight excluding hydrogens is 428 g/mol. The molecule has 0 saturated heterocycles. The summed E-state index contributed by atoms with van der Waals surface area (Å²) in [4.78, 5) is 28.2. The van der Waals surface area contributed by atoms with Gasteiger partial charge in [-0.25, -0.2) is 0 Å². The third-order valence-electron chi connectivity index (χ3n) is 5.50. The monoisotopic (exact) mass is 456 g/mol. The predicted octanol–water partition coefficient (Wildman–Crippen LogP) is 5.18. The zero-order valence-electron chi connectivity index (χ0n) is 19.6. The molecule has 174 valence electrons. The van der Waals surface area contributed by atoms with Gasteiger partial charge in [0.2, 0.25) is 0 Å². The van der Waals surface area contributed by atoms with Crippen molar-refractivity contribution in [3.63, 3.8) is 0 Å². The van der Waals surface area contributed by atoms with Gasteiger partial charge in [0, 0.05) is 11.8 Å². The van der Waals surface area contributed by atoms with E-state index >= 15 is 0 Å². The number of hydrogen-bond acceptors (Lipinski definition) is 5. The first-order chi connectivity index (χ1) is 16.5. The molecule has 3 aromatic carbocycles. The summed E-state index contributed by atoms with van der Waals surface area (Å²) in [6.45, 7) is 6.97. The molecule has 0 spiro atoms. The lowest BCUT2D eigenvalue weighted by atomic mass is 10.0. The van der Waals surface area contributed by atoms with Crippen LogP contribution in [0.25, 0.3) is 5.57 Å². The van der Waals surface area contributed by atoms with Gasteiger partial charge in [-0.1, -0.05) is 60.2 Å². The zero-order valence-corrected chi connectivity index (χ0v) is 19.6. The molecule has 1 aliphatic heterocycles. The highest BCUT2D eigenvalue weighted by Crippen LogP contribution is 2.35. The van der Waals surface area contributed by atoms with E-state index in [9.17, 15) is 9.59 Å². The van der Waals surface area contributed by atoms with Crippen molar-refractivity contribution in [1.82, 2.24) is 4.90 Å². The Bertz CT molecular complexity index is 1220. The van der Waals surface area contributed by atoms with Gasteiger partial charge in [-0.05, 0) is 44.0 Å². The van der Waals surface area contributed by atoms with Crippen LogP contribution in [0.15, 0.2) is 78.5 Å². The Balaban J connectivity index is 1.73. The van der Waals surface area contributed by atoms with E-state index in [1.54, 1.807) is 12.1 Å². The van der Waals surface area contributed by atoms with Gasteiger partial charge in [0.1, 0.15) is 5.70 Å². The number of amides is 2. The number of carbonyl (C=O) groups is 2. The Morgan fingerprint density at radius 2 is 1.47 bits per heavy atom. The van der Waals surface area contributed by atoms with Gasteiger partial charge in [-0.15, -0.1) is 0 Å². The summed E-state index contributed by atoms with van der Waals surface area (Å²) in [7, 11) is 0. The van der Waals surface area contributed by atoms with E-state index in [1.165, 1.54) is 4.90 Å². The Labute approximate surface area is 199 Å². The fraction of sp³-hybridized carbons (Fsp3) is 0.214. The van der Waals surface area contributed by atoms with Crippen molar-refractivity contribution in [2.45, 2.75) is 27.3 Å². The molecule has 1 N–H and O–H groups in total. The number of carbonyl (C=O) groups excluding carboxylic acids is 2. The Morgan fingerprint density at radius 1 is 0.794 bits per heavy atom. The van der Waals surface area contributed by atoms with E-state index in [0.717, 1.165) is 11.1 Å². The summed E-state index contributed by atoms with van der Waals surface area (Å²) in [5.74, 6) is 0.513. The van der Waals surface area contributed by atoms with Gasteiger partial charge in [0.15, 0.2) is 11.5 Å². The SMILES string of the molecule is CCOc1ccc(NC2=C(c3ccc(C)cc3)C(=O)N(Cc3ccccc3)C2=O)cc1OCC. The first-order valence-corrected chi connectivity index (χ1v) is 11.4. The standard InChI is InChI=1S/C28H28N2O4/c1-4-33-23-16-15-22(17-24(23)34-5-2)29-26-25(21-13-11-19(3)12-14-21)27(31)30(28(26)32)18-20-9-7-6-8-10-20/h6-17,29H,4-5,18H2,1-3H3. The lowest BCUT2D eigenvalue weighted by Crippen LogP contribution is -2.31. The van der Waals surface area contributed by atoms with Gasteiger partial charge >= 0.3 is 0 Å². The molecule has 0 bridgehead atoms. The first-order valence-electron chi connectivity index (χ1n) is 11.4. The largest absolute Gasteiger partial charge is 0.490 e. The summed E-state index contributed by atoms with van der Waals surface area (Å²) >= 11 is 0. The van der Waals surface area contributed by atoms with Crippen LogP contribution < -0.4 is 14.8 Å². The zero-order chi connectivity index (χ0) is 24.1. The summed E-state index contributed by atoms with van der Waals surface area (Å²) < 4.78 is 11.4. The molecule has 34 heavy (non-hydrogen) atoms. The number of aryl methyl sites for hydroxylation is 1. The average Bonchev–Trinajstić information content (AvgIpc) is 3.06. The molecule has 0 aromatic heterocycles. The number of hydrogen-bond donors (Lipinski definition) is 1. The van der Waals surface area contributed by atoms with Crippen LogP contribution in [0.2, 0.25) is 0 Å². The molecule has 0 saturated carbocycles. The minimum atomic E-state index is -0.365. The molecule has 0 fully saturated rings. The van der Waals surface area contributed by atoms with Crippen LogP contribution in [0.4, 0.5) is 5.69 Å². The highest BCUT2D eigenvalue weighted by molar-refractivity contribution is 6.36. The van der Waals surface area contributed by atoms with Gasteiger partial charge in [-0.3, -0.25) is 14.5 Å². The third kappa shape index (κ3) is 4.81. The van der Waals surface area contributed by atoms with Crippen molar-refractivity contribution in [3.05, 3.63) is 95.2 Å². The van der Waals surface area contributed by atoms with Crippen molar-refractivity contribution >= 4 is 23.1 Å². The molecule has 0 unspecified atom stereocenters. The topological polar surface area (TPSA) is 67.9 Å². The van der Waals surface area contributed by atoms with Crippen molar-refractivity contribution < 1.29 is 19.1 Å². The van der Waals surface area contributed by atoms with Crippen LogP contribution in [-0.2, 0) is 16.1 Å². The van der Waals surface area contributed by atoms with Gasteiger partial charge in [0.25, 0.3) is 11.8 Å². The van der Waals surface area contributed by atoms with E-state index in [-0.39, 0.29) is 24.1 Å². The molecule has 1 heterocycles. The molecule has 6 heteroatoms. The van der Waals surface area contributed by atoms with Crippen LogP contribution in [0.3, 0.4) is 0 Å². The van der Waals surface area contributed by atoms with Gasteiger partial charge in [-0.2, -0.15) is 0 Å². The highest BCUT2D eigenvalue weighted by atomic mass is 16.5. The molecule has 1 aliphatic rings. The Hall–Kier alpha value is -4.06. The Kier molecular flexibility index (Phi) is 6.97. The van der Waals surface area contributed by atoms with Crippen molar-refractivity contribution in [3.8, 4) is 11.5 Å². The van der Waals surface area contributed by atoms with Gasteiger partial charge < -0.3 is 14.8 Å². The van der Waals surface area contributed by atoms with Crippen LogP contribution in [0.5, 0.6) is 11.5 Å². The number of benzene rings is 3. The molecule has 0 aliphatic carbocycles. The number of nitrogens with zero attached hydrogens (tertiary/aromatic N) is 1. The van der Waals surface area contributed by atoms with Crippen molar-refractivity contribution in [1.29, 1.82) is 0 Å². The quantitative estimate of drug-likeness (QED) is 0.449. The predicted molar refractivity (Wildman–Crippen MR) is 133 cm³/mol. The van der Waals surface area contributed by atoms with E-state index in [1.807, 2.05) is 81.4 Å². The normalized spacial score (nSPS) is 13.4. The summed E-state index contributed by atoms with van der Waals surface area (Å²) in [6, 6.07) is 22.5. The molecule has 0 atom stereocenters. The molecule has 6 nitrogen and oxygen atoms in total. The smallest absolute Gasteiger partial charge is 0.278 e.